The summed E-state index contributed by atoms with van der Waals surface area (Å²) in [5.74, 6) is 0.350. The number of aromatic nitrogens is 2. The van der Waals surface area contributed by atoms with Crippen LogP contribution in [-0.4, -0.2) is 31.6 Å². The third-order valence-electron chi connectivity index (χ3n) is 3.05. The van der Waals surface area contributed by atoms with E-state index in [1.54, 1.807) is 24.7 Å². The van der Waals surface area contributed by atoms with Crippen molar-refractivity contribution in [2.75, 3.05) is 13.7 Å². The molecule has 2 rings (SSSR count). The van der Waals surface area contributed by atoms with Crippen molar-refractivity contribution >= 4 is 10.0 Å². The summed E-state index contributed by atoms with van der Waals surface area (Å²) < 4.78 is 34.3. The number of nitrogens with one attached hydrogen (secondary N) is 1. The molecule has 0 saturated carbocycles. The molecule has 0 atom stereocenters. The van der Waals surface area contributed by atoms with Gasteiger partial charge in [0, 0.05) is 25.5 Å². The standard InChI is InChI=1S/C14H19N3O3S/c1-12-4-5-13(20-2)14(10-12)21(18,19)16-6-3-8-17-9-7-15-11-17/h4-5,7,9-11,16H,3,6,8H2,1-2H3. The molecule has 0 saturated heterocycles. The topological polar surface area (TPSA) is 73.2 Å². The number of ether oxygens (including phenoxy) is 1. The molecule has 0 aliphatic rings. The average Bonchev–Trinajstić information content (AvgIpc) is 2.97. The summed E-state index contributed by atoms with van der Waals surface area (Å²) in [6.45, 7) is 2.92. The molecule has 6 nitrogen and oxygen atoms in total. The molecular weight excluding hydrogens is 290 g/mol. The molecule has 0 spiro atoms. The lowest BCUT2D eigenvalue weighted by Gasteiger charge is -2.11. The van der Waals surface area contributed by atoms with Gasteiger partial charge < -0.3 is 9.30 Å². The highest BCUT2D eigenvalue weighted by molar-refractivity contribution is 7.89. The summed E-state index contributed by atoms with van der Waals surface area (Å²) in [6, 6.07) is 5.09. The van der Waals surface area contributed by atoms with Gasteiger partial charge in [-0.3, -0.25) is 0 Å². The average molecular weight is 309 g/mol. The molecule has 0 aliphatic heterocycles. The summed E-state index contributed by atoms with van der Waals surface area (Å²) in [7, 11) is -2.11. The number of imidazole rings is 1. The molecule has 0 fully saturated rings. The van der Waals surface area contributed by atoms with Gasteiger partial charge in [-0.1, -0.05) is 6.07 Å². The smallest absolute Gasteiger partial charge is 0.244 e. The van der Waals surface area contributed by atoms with E-state index in [9.17, 15) is 8.42 Å². The van der Waals surface area contributed by atoms with Crippen molar-refractivity contribution in [3.8, 4) is 5.75 Å². The summed E-state index contributed by atoms with van der Waals surface area (Å²) in [6.07, 6.45) is 5.93. The molecular formula is C14H19N3O3S. The minimum atomic E-state index is -3.57. The van der Waals surface area contributed by atoms with Crippen LogP contribution in [0, 0.1) is 6.92 Å². The maximum Gasteiger partial charge on any atom is 0.244 e. The molecule has 0 aliphatic carbocycles. The third-order valence-corrected chi connectivity index (χ3v) is 4.54. The van der Waals surface area contributed by atoms with Crippen molar-refractivity contribution in [1.29, 1.82) is 0 Å². The number of hydrogen-bond donors (Lipinski definition) is 1. The zero-order chi connectivity index (χ0) is 15.3. The quantitative estimate of drug-likeness (QED) is 0.788. The lowest BCUT2D eigenvalue weighted by atomic mass is 10.2. The molecule has 1 aromatic heterocycles. The van der Waals surface area contributed by atoms with E-state index in [1.165, 1.54) is 7.11 Å². The first-order chi connectivity index (χ1) is 10.0. The summed E-state index contributed by atoms with van der Waals surface area (Å²) in [5, 5.41) is 0. The summed E-state index contributed by atoms with van der Waals surface area (Å²) >= 11 is 0. The van der Waals surface area contributed by atoms with Gasteiger partial charge in [0.25, 0.3) is 0 Å². The lowest BCUT2D eigenvalue weighted by Crippen LogP contribution is -2.26. The largest absolute Gasteiger partial charge is 0.495 e. The van der Waals surface area contributed by atoms with E-state index in [0.717, 1.165) is 5.56 Å². The zero-order valence-electron chi connectivity index (χ0n) is 12.1. The number of benzene rings is 1. The van der Waals surface area contributed by atoms with Gasteiger partial charge in [0.2, 0.25) is 10.0 Å². The van der Waals surface area contributed by atoms with Crippen molar-refractivity contribution in [3.63, 3.8) is 0 Å². The molecule has 1 N–H and O–H groups in total. The first-order valence-corrected chi connectivity index (χ1v) is 8.11. The van der Waals surface area contributed by atoms with Gasteiger partial charge in [0.1, 0.15) is 10.6 Å². The normalized spacial score (nSPS) is 11.5. The Kier molecular flexibility index (Phi) is 4.98. The molecule has 114 valence electrons. The molecule has 1 aromatic carbocycles. The Bertz CT molecular complexity index is 681. The predicted octanol–water partition coefficient (Wildman–Crippen LogP) is 1.57. The molecule has 21 heavy (non-hydrogen) atoms. The van der Waals surface area contributed by atoms with Crippen LogP contribution >= 0.6 is 0 Å². The molecule has 2 aromatic rings. The highest BCUT2D eigenvalue weighted by atomic mass is 32.2. The van der Waals surface area contributed by atoms with E-state index in [0.29, 0.717) is 25.3 Å². The number of methoxy groups -OCH3 is 1. The van der Waals surface area contributed by atoms with Crippen molar-refractivity contribution in [3.05, 3.63) is 42.5 Å². The van der Waals surface area contributed by atoms with E-state index >= 15 is 0 Å². The van der Waals surface area contributed by atoms with Crippen molar-refractivity contribution < 1.29 is 13.2 Å². The monoisotopic (exact) mass is 309 g/mol. The Balaban J connectivity index is 1.99. The van der Waals surface area contributed by atoms with Gasteiger partial charge in [0.05, 0.1) is 13.4 Å². The van der Waals surface area contributed by atoms with Crippen LogP contribution in [0.3, 0.4) is 0 Å². The number of nitrogens with zero attached hydrogens (tertiary/aromatic N) is 2. The van der Waals surface area contributed by atoms with Gasteiger partial charge in [-0.25, -0.2) is 18.1 Å². The number of hydrogen-bond acceptors (Lipinski definition) is 4. The van der Waals surface area contributed by atoms with Crippen LogP contribution in [0.25, 0.3) is 0 Å². The Morgan fingerprint density at radius 2 is 2.19 bits per heavy atom. The molecule has 0 bridgehead atoms. The lowest BCUT2D eigenvalue weighted by molar-refractivity contribution is 0.402. The van der Waals surface area contributed by atoms with Gasteiger partial charge in [-0.15, -0.1) is 0 Å². The molecule has 7 heteroatoms. The number of aryl methyl sites for hydroxylation is 2. The van der Waals surface area contributed by atoms with Crippen molar-refractivity contribution in [2.24, 2.45) is 0 Å². The minimum Gasteiger partial charge on any atom is -0.495 e. The second-order valence-corrected chi connectivity index (χ2v) is 6.44. The first-order valence-electron chi connectivity index (χ1n) is 6.63. The molecule has 0 unspecified atom stereocenters. The Hall–Kier alpha value is -1.86. The van der Waals surface area contributed by atoms with E-state index in [1.807, 2.05) is 23.8 Å². The second-order valence-electron chi connectivity index (χ2n) is 4.71. The van der Waals surface area contributed by atoms with Crippen molar-refractivity contribution in [2.45, 2.75) is 24.8 Å². The van der Waals surface area contributed by atoms with Crippen LogP contribution in [0.4, 0.5) is 0 Å². The first kappa shape index (κ1) is 15.5. The van der Waals surface area contributed by atoms with Crippen molar-refractivity contribution in [1.82, 2.24) is 14.3 Å². The number of sulfonamides is 1. The van der Waals surface area contributed by atoms with Gasteiger partial charge in [-0.2, -0.15) is 0 Å². The van der Waals surface area contributed by atoms with E-state index in [2.05, 4.69) is 9.71 Å². The molecule has 0 radical (unpaired) electrons. The zero-order valence-corrected chi connectivity index (χ0v) is 12.9. The molecule has 0 amide bonds. The third kappa shape index (κ3) is 4.05. The van der Waals surface area contributed by atoms with Crippen LogP contribution < -0.4 is 9.46 Å². The Morgan fingerprint density at radius 3 is 2.86 bits per heavy atom. The highest BCUT2D eigenvalue weighted by Gasteiger charge is 2.18. The fourth-order valence-corrected chi connectivity index (χ4v) is 3.28. The van der Waals surface area contributed by atoms with Crippen LogP contribution in [-0.2, 0) is 16.6 Å². The highest BCUT2D eigenvalue weighted by Crippen LogP contribution is 2.24. The van der Waals surface area contributed by atoms with Gasteiger partial charge >= 0.3 is 0 Å². The maximum absolute atomic E-state index is 12.3. The van der Waals surface area contributed by atoms with Crippen LogP contribution in [0.5, 0.6) is 5.75 Å². The van der Waals surface area contributed by atoms with Gasteiger partial charge in [-0.05, 0) is 31.0 Å². The van der Waals surface area contributed by atoms with Crippen LogP contribution in [0.2, 0.25) is 0 Å². The van der Waals surface area contributed by atoms with E-state index in [4.69, 9.17) is 4.74 Å². The summed E-state index contributed by atoms with van der Waals surface area (Å²) in [4.78, 5) is 4.11. The Labute approximate surface area is 124 Å². The minimum absolute atomic E-state index is 0.174. The fraction of sp³-hybridized carbons (Fsp3) is 0.357. The van der Waals surface area contributed by atoms with E-state index < -0.39 is 10.0 Å². The second kappa shape index (κ2) is 6.73. The summed E-state index contributed by atoms with van der Waals surface area (Å²) in [5.41, 5.74) is 0.870. The molecule has 1 heterocycles. The van der Waals surface area contributed by atoms with Crippen LogP contribution in [0.15, 0.2) is 41.8 Å². The number of rotatable bonds is 7. The van der Waals surface area contributed by atoms with E-state index in [-0.39, 0.29) is 4.90 Å². The van der Waals surface area contributed by atoms with Crippen LogP contribution in [0.1, 0.15) is 12.0 Å². The fourth-order valence-electron chi connectivity index (χ4n) is 1.96. The predicted molar refractivity (Wildman–Crippen MR) is 79.8 cm³/mol. The van der Waals surface area contributed by atoms with Gasteiger partial charge in [0.15, 0.2) is 0 Å². The SMILES string of the molecule is COc1ccc(C)cc1S(=O)(=O)NCCCn1ccnc1. The maximum atomic E-state index is 12.3. The Morgan fingerprint density at radius 1 is 1.38 bits per heavy atom.